The monoisotopic (exact) mass is 487 g/mol. The van der Waals surface area contributed by atoms with E-state index < -0.39 is 0 Å². The SMILES string of the molecule is CN=C(NCCCOCc1ccc(OC)cc1)NCc1ccc(F)cc1.I. The lowest BCUT2D eigenvalue weighted by Gasteiger charge is -2.12. The third-order valence-electron chi connectivity index (χ3n) is 3.78. The van der Waals surface area contributed by atoms with Crippen molar-refractivity contribution in [2.24, 2.45) is 4.99 Å². The van der Waals surface area contributed by atoms with E-state index in [0.29, 0.717) is 25.7 Å². The van der Waals surface area contributed by atoms with Crippen LogP contribution in [-0.2, 0) is 17.9 Å². The molecular weight excluding hydrogens is 460 g/mol. The molecule has 148 valence electrons. The maximum atomic E-state index is 12.9. The van der Waals surface area contributed by atoms with Crippen LogP contribution in [-0.4, -0.2) is 33.3 Å². The average molecular weight is 487 g/mol. The zero-order valence-corrected chi connectivity index (χ0v) is 18.0. The number of hydrogen-bond acceptors (Lipinski definition) is 3. The zero-order chi connectivity index (χ0) is 18.6. The summed E-state index contributed by atoms with van der Waals surface area (Å²) < 4.78 is 23.7. The molecule has 0 radical (unpaired) electrons. The van der Waals surface area contributed by atoms with Gasteiger partial charge in [0.15, 0.2) is 5.96 Å². The van der Waals surface area contributed by atoms with Crippen molar-refractivity contribution in [2.75, 3.05) is 27.3 Å². The van der Waals surface area contributed by atoms with E-state index in [1.165, 1.54) is 12.1 Å². The number of nitrogens with one attached hydrogen (secondary N) is 2. The van der Waals surface area contributed by atoms with Crippen LogP contribution in [0.5, 0.6) is 5.75 Å². The summed E-state index contributed by atoms with van der Waals surface area (Å²) in [5.41, 5.74) is 2.12. The van der Waals surface area contributed by atoms with Crippen LogP contribution < -0.4 is 15.4 Å². The summed E-state index contributed by atoms with van der Waals surface area (Å²) in [6.07, 6.45) is 0.868. The Morgan fingerprint density at radius 1 is 1.00 bits per heavy atom. The number of rotatable bonds is 9. The van der Waals surface area contributed by atoms with Crippen molar-refractivity contribution in [3.05, 3.63) is 65.5 Å². The van der Waals surface area contributed by atoms with Gasteiger partial charge in [-0.25, -0.2) is 4.39 Å². The van der Waals surface area contributed by atoms with E-state index in [9.17, 15) is 4.39 Å². The predicted molar refractivity (Wildman–Crippen MR) is 117 cm³/mol. The number of ether oxygens (including phenoxy) is 2. The average Bonchev–Trinajstić information content (AvgIpc) is 2.68. The van der Waals surface area contributed by atoms with Gasteiger partial charge in [-0.3, -0.25) is 4.99 Å². The molecule has 0 heterocycles. The van der Waals surface area contributed by atoms with Crippen molar-refractivity contribution < 1.29 is 13.9 Å². The second kappa shape index (κ2) is 13.3. The van der Waals surface area contributed by atoms with Crippen molar-refractivity contribution >= 4 is 29.9 Å². The van der Waals surface area contributed by atoms with Gasteiger partial charge in [-0.15, -0.1) is 24.0 Å². The first-order valence-electron chi connectivity index (χ1n) is 8.61. The third-order valence-corrected chi connectivity index (χ3v) is 3.78. The molecule has 0 aromatic heterocycles. The van der Waals surface area contributed by atoms with Crippen LogP contribution in [0.15, 0.2) is 53.5 Å². The molecule has 0 saturated heterocycles. The van der Waals surface area contributed by atoms with Gasteiger partial charge in [-0.2, -0.15) is 0 Å². The number of nitrogens with zero attached hydrogens (tertiary/aromatic N) is 1. The molecule has 0 aliphatic heterocycles. The normalized spacial score (nSPS) is 10.9. The van der Waals surface area contributed by atoms with Crippen molar-refractivity contribution in [3.63, 3.8) is 0 Å². The van der Waals surface area contributed by atoms with Crippen LogP contribution in [0, 0.1) is 5.82 Å². The minimum absolute atomic E-state index is 0. The second-order valence-electron chi connectivity index (χ2n) is 5.73. The largest absolute Gasteiger partial charge is 0.497 e. The molecule has 0 saturated carbocycles. The minimum Gasteiger partial charge on any atom is -0.497 e. The maximum absolute atomic E-state index is 12.9. The first kappa shape index (κ1) is 23.2. The molecule has 27 heavy (non-hydrogen) atoms. The highest BCUT2D eigenvalue weighted by molar-refractivity contribution is 14.0. The maximum Gasteiger partial charge on any atom is 0.191 e. The Hall–Kier alpha value is -1.87. The molecule has 2 rings (SSSR count). The quantitative estimate of drug-likeness (QED) is 0.245. The van der Waals surface area contributed by atoms with E-state index in [1.807, 2.05) is 24.3 Å². The van der Waals surface area contributed by atoms with Gasteiger partial charge in [0.1, 0.15) is 11.6 Å². The third kappa shape index (κ3) is 9.05. The molecule has 2 N–H and O–H groups in total. The molecule has 0 aliphatic carbocycles. The summed E-state index contributed by atoms with van der Waals surface area (Å²) in [4.78, 5) is 4.17. The standard InChI is InChI=1S/C20H26FN3O2.HI/c1-22-20(24-14-16-4-8-18(21)9-5-16)23-12-3-13-26-15-17-6-10-19(25-2)11-7-17;/h4-11H,3,12-15H2,1-2H3,(H2,22,23,24);1H. The molecule has 7 heteroatoms. The van der Waals surface area contributed by atoms with Gasteiger partial charge in [0.2, 0.25) is 0 Å². The minimum atomic E-state index is -0.231. The number of hydrogen-bond donors (Lipinski definition) is 2. The lowest BCUT2D eigenvalue weighted by atomic mass is 10.2. The molecule has 0 unspecified atom stereocenters. The van der Waals surface area contributed by atoms with Gasteiger partial charge in [-0.05, 0) is 41.8 Å². The number of aliphatic imine (C=N–C) groups is 1. The highest BCUT2D eigenvalue weighted by atomic mass is 127. The molecule has 2 aromatic carbocycles. The fourth-order valence-electron chi connectivity index (χ4n) is 2.30. The Balaban J connectivity index is 0.00000364. The molecule has 0 spiro atoms. The van der Waals surface area contributed by atoms with Crippen molar-refractivity contribution in [1.29, 1.82) is 0 Å². The van der Waals surface area contributed by atoms with Gasteiger partial charge in [-0.1, -0.05) is 24.3 Å². The van der Waals surface area contributed by atoms with Crippen LogP contribution in [0.4, 0.5) is 4.39 Å². The van der Waals surface area contributed by atoms with Crippen LogP contribution in [0.2, 0.25) is 0 Å². The summed E-state index contributed by atoms with van der Waals surface area (Å²) in [5.74, 6) is 1.33. The number of guanidine groups is 1. The van der Waals surface area contributed by atoms with Crippen LogP contribution in [0.3, 0.4) is 0 Å². The van der Waals surface area contributed by atoms with E-state index in [-0.39, 0.29) is 29.8 Å². The molecule has 0 bridgehead atoms. The summed E-state index contributed by atoms with van der Waals surface area (Å²) in [6.45, 7) is 2.59. The predicted octanol–water partition coefficient (Wildman–Crippen LogP) is 3.72. The van der Waals surface area contributed by atoms with Gasteiger partial charge in [0.25, 0.3) is 0 Å². The Morgan fingerprint density at radius 2 is 1.67 bits per heavy atom. The summed E-state index contributed by atoms with van der Waals surface area (Å²) >= 11 is 0. The van der Waals surface area contributed by atoms with Gasteiger partial charge in [0, 0.05) is 26.7 Å². The van der Waals surface area contributed by atoms with E-state index in [4.69, 9.17) is 9.47 Å². The second-order valence-corrected chi connectivity index (χ2v) is 5.73. The number of benzene rings is 2. The smallest absolute Gasteiger partial charge is 0.191 e. The van der Waals surface area contributed by atoms with Crippen LogP contribution in [0.1, 0.15) is 17.5 Å². The van der Waals surface area contributed by atoms with Crippen molar-refractivity contribution in [1.82, 2.24) is 10.6 Å². The van der Waals surface area contributed by atoms with E-state index in [1.54, 1.807) is 26.3 Å². The highest BCUT2D eigenvalue weighted by Crippen LogP contribution is 2.11. The van der Waals surface area contributed by atoms with Crippen molar-refractivity contribution in [2.45, 2.75) is 19.6 Å². The van der Waals surface area contributed by atoms with E-state index in [2.05, 4.69) is 15.6 Å². The molecule has 2 aromatic rings. The Morgan fingerprint density at radius 3 is 2.30 bits per heavy atom. The highest BCUT2D eigenvalue weighted by Gasteiger charge is 1.99. The van der Waals surface area contributed by atoms with Crippen LogP contribution >= 0.6 is 24.0 Å². The van der Waals surface area contributed by atoms with Gasteiger partial charge >= 0.3 is 0 Å². The Kier molecular flexibility index (Phi) is 11.4. The topological polar surface area (TPSA) is 54.9 Å². The Bertz CT molecular complexity index is 679. The molecule has 0 aliphatic rings. The number of halogens is 2. The molecule has 0 fully saturated rings. The van der Waals surface area contributed by atoms with Crippen LogP contribution in [0.25, 0.3) is 0 Å². The molecule has 0 amide bonds. The lowest BCUT2D eigenvalue weighted by molar-refractivity contribution is 0.119. The fraction of sp³-hybridized carbons (Fsp3) is 0.350. The van der Waals surface area contributed by atoms with Crippen molar-refractivity contribution in [3.8, 4) is 5.75 Å². The van der Waals surface area contributed by atoms with Gasteiger partial charge < -0.3 is 20.1 Å². The molecular formula is C20H27FIN3O2. The van der Waals surface area contributed by atoms with Gasteiger partial charge in [0.05, 0.1) is 13.7 Å². The van der Waals surface area contributed by atoms with E-state index >= 15 is 0 Å². The first-order chi connectivity index (χ1) is 12.7. The summed E-state index contributed by atoms with van der Waals surface area (Å²) in [6, 6.07) is 14.3. The summed E-state index contributed by atoms with van der Waals surface area (Å²) in [5, 5.41) is 6.43. The fourth-order valence-corrected chi connectivity index (χ4v) is 2.30. The Labute approximate surface area is 177 Å². The zero-order valence-electron chi connectivity index (χ0n) is 15.7. The molecule has 0 atom stereocenters. The van der Waals surface area contributed by atoms with E-state index in [0.717, 1.165) is 29.8 Å². The lowest BCUT2D eigenvalue weighted by Crippen LogP contribution is -2.37. The summed E-state index contributed by atoms with van der Waals surface area (Å²) in [7, 11) is 3.38. The molecule has 5 nitrogen and oxygen atoms in total. The first-order valence-corrected chi connectivity index (χ1v) is 8.61. The number of methoxy groups -OCH3 is 1.